The molecule has 17 heavy (non-hydrogen) atoms. The first-order valence-corrected chi connectivity index (χ1v) is 6.75. The Balaban J connectivity index is 2.06. The maximum absolute atomic E-state index is 11.6. The lowest BCUT2D eigenvalue weighted by Crippen LogP contribution is -2.32. The van der Waals surface area contributed by atoms with Gasteiger partial charge in [-0.3, -0.25) is 4.79 Å². The summed E-state index contributed by atoms with van der Waals surface area (Å²) in [6.07, 6.45) is 6.40. The van der Waals surface area contributed by atoms with Gasteiger partial charge in [-0.2, -0.15) is 0 Å². The van der Waals surface area contributed by atoms with Crippen molar-refractivity contribution in [3.05, 3.63) is 0 Å². The monoisotopic (exact) mass is 241 g/mol. The van der Waals surface area contributed by atoms with Crippen molar-refractivity contribution in [3.8, 4) is 0 Å². The van der Waals surface area contributed by atoms with E-state index in [1.54, 1.807) is 0 Å². The van der Waals surface area contributed by atoms with E-state index in [2.05, 4.69) is 10.2 Å². The van der Waals surface area contributed by atoms with Crippen LogP contribution in [0, 0.1) is 5.92 Å². The number of carbonyl (C=O) groups is 1. The van der Waals surface area contributed by atoms with E-state index >= 15 is 0 Å². The Kier molecular flexibility index (Phi) is 6.52. The highest BCUT2D eigenvalue weighted by atomic mass is 16.1. The minimum absolute atomic E-state index is 0.186. The molecule has 0 aromatic rings. The van der Waals surface area contributed by atoms with Crippen molar-refractivity contribution < 1.29 is 4.79 Å². The second kappa shape index (κ2) is 7.67. The highest BCUT2D eigenvalue weighted by Crippen LogP contribution is 2.26. The van der Waals surface area contributed by atoms with E-state index in [1.807, 2.05) is 14.1 Å². The molecule has 0 heterocycles. The summed E-state index contributed by atoms with van der Waals surface area (Å²) >= 11 is 0. The van der Waals surface area contributed by atoms with Crippen molar-refractivity contribution in [3.63, 3.8) is 0 Å². The summed E-state index contributed by atoms with van der Waals surface area (Å²) in [4.78, 5) is 13.7. The molecule has 1 amide bonds. The van der Waals surface area contributed by atoms with Crippen molar-refractivity contribution in [2.24, 2.45) is 11.7 Å². The number of hydrogen-bond acceptors (Lipinski definition) is 3. The molecular formula is C13H27N3O. The van der Waals surface area contributed by atoms with E-state index in [9.17, 15) is 4.79 Å². The van der Waals surface area contributed by atoms with Gasteiger partial charge in [0.25, 0.3) is 0 Å². The molecule has 0 aromatic carbocycles. The van der Waals surface area contributed by atoms with Gasteiger partial charge in [0, 0.05) is 25.6 Å². The lowest BCUT2D eigenvalue weighted by molar-refractivity contribution is -0.121. The molecule has 3 N–H and O–H groups in total. The number of likely N-dealkylation sites (N-methyl/N-ethyl adjacent to an activating group) is 1. The summed E-state index contributed by atoms with van der Waals surface area (Å²) < 4.78 is 0. The van der Waals surface area contributed by atoms with Crippen LogP contribution in [0.2, 0.25) is 0 Å². The summed E-state index contributed by atoms with van der Waals surface area (Å²) in [5.74, 6) is 0.851. The molecule has 1 saturated carbocycles. The van der Waals surface area contributed by atoms with Crippen molar-refractivity contribution in [1.82, 2.24) is 10.2 Å². The molecule has 2 atom stereocenters. The van der Waals surface area contributed by atoms with Crippen LogP contribution in [0.4, 0.5) is 0 Å². The van der Waals surface area contributed by atoms with Gasteiger partial charge in [-0.25, -0.2) is 0 Å². The third kappa shape index (κ3) is 6.64. The molecule has 4 heteroatoms. The van der Waals surface area contributed by atoms with Gasteiger partial charge in [0.05, 0.1) is 0 Å². The predicted octanol–water partition coefficient (Wildman–Crippen LogP) is 0.962. The van der Waals surface area contributed by atoms with E-state index < -0.39 is 0 Å². The fourth-order valence-electron chi connectivity index (χ4n) is 2.44. The molecule has 1 fully saturated rings. The van der Waals surface area contributed by atoms with Crippen molar-refractivity contribution >= 4 is 5.91 Å². The van der Waals surface area contributed by atoms with Gasteiger partial charge in [0.1, 0.15) is 0 Å². The van der Waals surface area contributed by atoms with Crippen molar-refractivity contribution in [2.45, 2.75) is 44.6 Å². The second-order valence-electron chi connectivity index (χ2n) is 5.48. The Bertz CT molecular complexity index is 231. The fraction of sp³-hybridized carbons (Fsp3) is 0.923. The lowest BCUT2D eigenvalue weighted by atomic mass is 9.83. The van der Waals surface area contributed by atoms with Crippen LogP contribution in [-0.4, -0.2) is 44.0 Å². The van der Waals surface area contributed by atoms with E-state index in [0.717, 1.165) is 32.4 Å². The minimum Gasteiger partial charge on any atom is -0.355 e. The molecule has 1 aliphatic carbocycles. The van der Waals surface area contributed by atoms with Crippen LogP contribution in [0.5, 0.6) is 0 Å². The second-order valence-corrected chi connectivity index (χ2v) is 5.48. The number of nitrogens with one attached hydrogen (secondary N) is 1. The minimum atomic E-state index is 0.186. The Morgan fingerprint density at radius 1 is 1.41 bits per heavy atom. The highest BCUT2D eigenvalue weighted by Gasteiger charge is 2.19. The van der Waals surface area contributed by atoms with E-state index in [1.165, 1.54) is 12.8 Å². The molecule has 0 spiro atoms. The van der Waals surface area contributed by atoms with Gasteiger partial charge >= 0.3 is 0 Å². The van der Waals surface area contributed by atoms with Crippen LogP contribution in [0.3, 0.4) is 0 Å². The number of hydrogen-bond donors (Lipinski definition) is 2. The first-order valence-electron chi connectivity index (χ1n) is 6.75. The van der Waals surface area contributed by atoms with Crippen molar-refractivity contribution in [1.29, 1.82) is 0 Å². The number of amides is 1. The average Bonchev–Trinajstić information content (AvgIpc) is 2.26. The molecule has 0 aromatic heterocycles. The zero-order valence-corrected chi connectivity index (χ0v) is 11.2. The Labute approximate surface area is 105 Å². The summed E-state index contributed by atoms with van der Waals surface area (Å²) in [5.41, 5.74) is 5.94. The maximum atomic E-state index is 11.6. The molecule has 1 rings (SSSR count). The molecular weight excluding hydrogens is 214 g/mol. The quantitative estimate of drug-likeness (QED) is 0.728. The van der Waals surface area contributed by atoms with E-state index in [-0.39, 0.29) is 5.91 Å². The van der Waals surface area contributed by atoms with Gasteiger partial charge in [-0.1, -0.05) is 12.8 Å². The Morgan fingerprint density at radius 3 is 2.82 bits per heavy atom. The standard InChI is InChI=1S/C13H27N3O/c1-16(2)9-8-15-13(17)7-6-11-4-3-5-12(14)10-11/h11-12H,3-10,14H2,1-2H3,(H,15,17). The molecule has 0 aliphatic heterocycles. The van der Waals surface area contributed by atoms with Crippen LogP contribution >= 0.6 is 0 Å². The molecule has 2 unspecified atom stereocenters. The van der Waals surface area contributed by atoms with Gasteiger partial charge in [-0.15, -0.1) is 0 Å². The van der Waals surface area contributed by atoms with Crippen LogP contribution in [0.25, 0.3) is 0 Å². The number of rotatable bonds is 6. The largest absolute Gasteiger partial charge is 0.355 e. The van der Waals surface area contributed by atoms with Crippen LogP contribution in [0.1, 0.15) is 38.5 Å². The SMILES string of the molecule is CN(C)CCNC(=O)CCC1CCCC(N)C1. The molecule has 4 nitrogen and oxygen atoms in total. The summed E-state index contributed by atoms with van der Waals surface area (Å²) in [5, 5.41) is 2.95. The number of carbonyl (C=O) groups excluding carboxylic acids is 1. The van der Waals surface area contributed by atoms with Gasteiger partial charge < -0.3 is 16.0 Å². The Hall–Kier alpha value is -0.610. The average molecular weight is 241 g/mol. The third-order valence-electron chi connectivity index (χ3n) is 3.48. The summed E-state index contributed by atoms with van der Waals surface area (Å²) in [6.45, 7) is 1.65. The molecule has 1 aliphatic rings. The third-order valence-corrected chi connectivity index (χ3v) is 3.48. The zero-order valence-electron chi connectivity index (χ0n) is 11.2. The first kappa shape index (κ1) is 14.5. The van der Waals surface area contributed by atoms with Crippen molar-refractivity contribution in [2.75, 3.05) is 27.2 Å². The Morgan fingerprint density at radius 2 is 2.18 bits per heavy atom. The van der Waals surface area contributed by atoms with E-state index in [4.69, 9.17) is 5.73 Å². The molecule has 0 bridgehead atoms. The molecule has 0 saturated heterocycles. The van der Waals surface area contributed by atoms with Gasteiger partial charge in [-0.05, 0) is 39.3 Å². The summed E-state index contributed by atoms with van der Waals surface area (Å²) in [7, 11) is 4.02. The highest BCUT2D eigenvalue weighted by molar-refractivity contribution is 5.75. The molecule has 0 radical (unpaired) electrons. The fourth-order valence-corrected chi connectivity index (χ4v) is 2.44. The number of nitrogens with two attached hydrogens (primary N) is 1. The number of nitrogens with zero attached hydrogens (tertiary/aromatic N) is 1. The smallest absolute Gasteiger partial charge is 0.220 e. The zero-order chi connectivity index (χ0) is 12.7. The molecule has 100 valence electrons. The van der Waals surface area contributed by atoms with Gasteiger partial charge in [0.15, 0.2) is 0 Å². The lowest BCUT2D eigenvalue weighted by Gasteiger charge is -2.26. The first-order chi connectivity index (χ1) is 8.08. The van der Waals surface area contributed by atoms with Crippen LogP contribution in [0.15, 0.2) is 0 Å². The van der Waals surface area contributed by atoms with Crippen LogP contribution in [-0.2, 0) is 4.79 Å². The summed E-state index contributed by atoms with van der Waals surface area (Å²) in [6, 6.07) is 0.366. The predicted molar refractivity (Wildman–Crippen MR) is 70.7 cm³/mol. The maximum Gasteiger partial charge on any atom is 0.220 e. The van der Waals surface area contributed by atoms with E-state index in [0.29, 0.717) is 18.4 Å². The normalized spacial score (nSPS) is 24.9. The van der Waals surface area contributed by atoms with Crippen LogP contribution < -0.4 is 11.1 Å². The van der Waals surface area contributed by atoms with Gasteiger partial charge in [0.2, 0.25) is 5.91 Å². The topological polar surface area (TPSA) is 58.4 Å².